The molecule has 0 saturated carbocycles. The molecule has 2 unspecified atom stereocenters. The lowest BCUT2D eigenvalue weighted by Gasteiger charge is -2.38. The molecular weight excluding hydrogens is 240 g/mol. The van der Waals surface area contributed by atoms with Crippen LogP contribution in [-0.2, 0) is 0 Å². The van der Waals surface area contributed by atoms with E-state index in [0.29, 0.717) is 18.0 Å². The van der Waals surface area contributed by atoms with Crippen LogP contribution in [0.15, 0.2) is 18.2 Å². The Balaban J connectivity index is 2.22. The van der Waals surface area contributed by atoms with E-state index in [0.717, 1.165) is 24.9 Å². The van der Waals surface area contributed by atoms with E-state index in [1.54, 1.807) is 12.1 Å². The summed E-state index contributed by atoms with van der Waals surface area (Å²) in [6.45, 7) is 5.27. The van der Waals surface area contributed by atoms with E-state index in [9.17, 15) is 9.90 Å². The van der Waals surface area contributed by atoms with Gasteiger partial charge in [0, 0.05) is 19.1 Å². The molecule has 1 amide bonds. The van der Waals surface area contributed by atoms with E-state index in [4.69, 9.17) is 5.73 Å². The van der Waals surface area contributed by atoms with E-state index in [-0.39, 0.29) is 17.7 Å². The van der Waals surface area contributed by atoms with Gasteiger partial charge in [-0.25, -0.2) is 0 Å². The number of phenolic OH excluding ortho intramolecular Hbond substituents is 1. The molecule has 1 saturated heterocycles. The minimum Gasteiger partial charge on any atom is -0.507 e. The number of amides is 1. The third kappa shape index (κ3) is 2.89. The highest BCUT2D eigenvalue weighted by Crippen LogP contribution is 2.26. The Kier molecular flexibility index (Phi) is 4.10. The molecule has 0 bridgehead atoms. The molecule has 1 aromatic rings. The van der Waals surface area contributed by atoms with Gasteiger partial charge in [0.05, 0.1) is 5.56 Å². The number of nitrogens with zero attached hydrogens (tertiary/aromatic N) is 1. The number of hydrogen-bond donors (Lipinski definition) is 2. The number of piperidine rings is 1. The summed E-state index contributed by atoms with van der Waals surface area (Å²) in [4.78, 5) is 14.3. The first kappa shape index (κ1) is 13.9. The van der Waals surface area contributed by atoms with Crippen LogP contribution in [0.5, 0.6) is 5.75 Å². The molecule has 1 fully saturated rings. The van der Waals surface area contributed by atoms with Gasteiger partial charge in [-0.3, -0.25) is 4.79 Å². The van der Waals surface area contributed by atoms with Crippen molar-refractivity contribution in [2.45, 2.75) is 32.7 Å². The number of aromatic hydroxyl groups is 1. The topological polar surface area (TPSA) is 66.6 Å². The van der Waals surface area contributed by atoms with Gasteiger partial charge in [-0.2, -0.15) is 0 Å². The normalized spacial score (nSPS) is 23.4. The van der Waals surface area contributed by atoms with E-state index in [1.807, 2.05) is 17.9 Å². The van der Waals surface area contributed by atoms with Gasteiger partial charge in [0.15, 0.2) is 0 Å². The average Bonchev–Trinajstić information content (AvgIpc) is 2.37. The highest BCUT2D eigenvalue weighted by atomic mass is 16.3. The minimum atomic E-state index is -0.111. The average molecular weight is 262 g/mol. The van der Waals surface area contributed by atoms with E-state index < -0.39 is 0 Å². The van der Waals surface area contributed by atoms with Crippen LogP contribution in [-0.4, -0.2) is 35.0 Å². The fourth-order valence-electron chi connectivity index (χ4n) is 2.72. The first-order chi connectivity index (χ1) is 9.02. The Hall–Kier alpha value is -1.55. The second kappa shape index (κ2) is 5.61. The van der Waals surface area contributed by atoms with Crippen molar-refractivity contribution < 1.29 is 9.90 Å². The summed E-state index contributed by atoms with van der Waals surface area (Å²) < 4.78 is 0. The van der Waals surface area contributed by atoms with Crippen molar-refractivity contribution in [3.63, 3.8) is 0 Å². The number of benzene rings is 1. The van der Waals surface area contributed by atoms with Crippen LogP contribution >= 0.6 is 0 Å². The van der Waals surface area contributed by atoms with E-state index in [2.05, 4.69) is 6.92 Å². The predicted octanol–water partition coefficient (Wildman–Crippen LogP) is 1.90. The Bertz CT molecular complexity index is 473. The lowest BCUT2D eigenvalue weighted by molar-refractivity contribution is 0.0570. The summed E-state index contributed by atoms with van der Waals surface area (Å²) in [6.07, 6.45) is 1.93. The molecule has 4 heteroatoms. The second-order valence-electron chi connectivity index (χ2n) is 5.54. The fraction of sp³-hybridized carbons (Fsp3) is 0.533. The Labute approximate surface area is 114 Å². The summed E-state index contributed by atoms with van der Waals surface area (Å²) in [6, 6.07) is 5.24. The smallest absolute Gasteiger partial charge is 0.257 e. The summed E-state index contributed by atoms with van der Waals surface area (Å²) in [5, 5.41) is 9.92. The Morgan fingerprint density at radius 1 is 1.53 bits per heavy atom. The maximum absolute atomic E-state index is 12.5. The summed E-state index contributed by atoms with van der Waals surface area (Å²) >= 11 is 0. The third-order valence-electron chi connectivity index (χ3n) is 3.89. The van der Waals surface area contributed by atoms with E-state index in [1.165, 1.54) is 0 Å². The quantitative estimate of drug-likeness (QED) is 0.855. The maximum atomic E-state index is 12.5. The molecule has 3 N–H and O–H groups in total. The van der Waals surface area contributed by atoms with Crippen molar-refractivity contribution in [1.29, 1.82) is 0 Å². The molecule has 19 heavy (non-hydrogen) atoms. The number of hydrogen-bond acceptors (Lipinski definition) is 3. The van der Waals surface area contributed by atoms with Gasteiger partial charge in [-0.05, 0) is 43.4 Å². The Morgan fingerprint density at radius 3 is 2.89 bits per heavy atom. The van der Waals surface area contributed by atoms with Gasteiger partial charge in [0.1, 0.15) is 5.75 Å². The summed E-state index contributed by atoms with van der Waals surface area (Å²) in [5.41, 5.74) is 7.09. The van der Waals surface area contributed by atoms with Crippen LogP contribution in [0.4, 0.5) is 0 Å². The van der Waals surface area contributed by atoms with Crippen molar-refractivity contribution in [1.82, 2.24) is 4.90 Å². The molecule has 0 aromatic heterocycles. The summed E-state index contributed by atoms with van der Waals surface area (Å²) in [5.74, 6) is 0.545. The third-order valence-corrected chi connectivity index (χ3v) is 3.89. The molecule has 104 valence electrons. The monoisotopic (exact) mass is 262 g/mol. The largest absolute Gasteiger partial charge is 0.507 e. The van der Waals surface area contributed by atoms with Crippen molar-refractivity contribution >= 4 is 5.91 Å². The zero-order valence-electron chi connectivity index (χ0n) is 11.6. The van der Waals surface area contributed by atoms with Crippen LogP contribution in [0.1, 0.15) is 35.7 Å². The molecule has 0 radical (unpaired) electrons. The van der Waals surface area contributed by atoms with Crippen molar-refractivity contribution in [3.05, 3.63) is 29.3 Å². The maximum Gasteiger partial charge on any atom is 0.257 e. The Morgan fingerprint density at radius 2 is 2.26 bits per heavy atom. The zero-order valence-corrected chi connectivity index (χ0v) is 11.6. The highest BCUT2D eigenvalue weighted by molar-refractivity contribution is 5.97. The van der Waals surface area contributed by atoms with Gasteiger partial charge >= 0.3 is 0 Å². The van der Waals surface area contributed by atoms with Crippen molar-refractivity contribution in [3.8, 4) is 5.75 Å². The molecule has 1 aliphatic heterocycles. The zero-order chi connectivity index (χ0) is 14.0. The number of phenols is 1. The predicted molar refractivity (Wildman–Crippen MR) is 75.1 cm³/mol. The van der Waals surface area contributed by atoms with Gasteiger partial charge in [0.25, 0.3) is 5.91 Å². The summed E-state index contributed by atoms with van der Waals surface area (Å²) in [7, 11) is 0. The lowest BCUT2D eigenvalue weighted by Crippen LogP contribution is -2.49. The number of aryl methyl sites for hydroxylation is 1. The van der Waals surface area contributed by atoms with Gasteiger partial charge in [-0.15, -0.1) is 0 Å². The number of carbonyl (C=O) groups excluding carboxylic acids is 1. The molecule has 1 aromatic carbocycles. The lowest BCUT2D eigenvalue weighted by atomic mass is 9.91. The number of carbonyl (C=O) groups is 1. The molecule has 1 aliphatic rings. The minimum absolute atomic E-state index is 0.0550. The molecule has 2 rings (SSSR count). The fourth-order valence-corrected chi connectivity index (χ4v) is 2.72. The number of likely N-dealkylation sites (tertiary alicyclic amines) is 1. The standard InChI is InChI=1S/C15H22N2O2/c1-10-3-4-13(14(18)8-10)15(19)17-6-5-11(2)7-12(17)9-16/h3-4,8,11-12,18H,5-7,9,16H2,1-2H3. The van der Waals surface area contributed by atoms with Gasteiger partial charge in [0.2, 0.25) is 0 Å². The highest BCUT2D eigenvalue weighted by Gasteiger charge is 2.30. The second-order valence-corrected chi connectivity index (χ2v) is 5.54. The molecule has 0 spiro atoms. The van der Waals surface area contributed by atoms with Crippen LogP contribution in [0.3, 0.4) is 0 Å². The van der Waals surface area contributed by atoms with Gasteiger partial charge in [-0.1, -0.05) is 13.0 Å². The number of nitrogens with two attached hydrogens (primary N) is 1. The number of rotatable bonds is 2. The molecule has 4 nitrogen and oxygen atoms in total. The van der Waals surface area contributed by atoms with Crippen molar-refractivity contribution in [2.75, 3.05) is 13.1 Å². The SMILES string of the molecule is Cc1ccc(C(=O)N2CCC(C)CC2CN)c(O)c1. The van der Waals surface area contributed by atoms with Crippen molar-refractivity contribution in [2.24, 2.45) is 11.7 Å². The molecule has 1 heterocycles. The van der Waals surface area contributed by atoms with Crippen LogP contribution in [0.2, 0.25) is 0 Å². The molecule has 2 atom stereocenters. The van der Waals surface area contributed by atoms with Crippen LogP contribution in [0, 0.1) is 12.8 Å². The van der Waals surface area contributed by atoms with Gasteiger partial charge < -0.3 is 15.7 Å². The molecule has 0 aliphatic carbocycles. The first-order valence-corrected chi connectivity index (χ1v) is 6.83. The van der Waals surface area contributed by atoms with Crippen LogP contribution in [0.25, 0.3) is 0 Å². The van der Waals surface area contributed by atoms with Crippen LogP contribution < -0.4 is 5.73 Å². The molecular formula is C15H22N2O2. The first-order valence-electron chi connectivity index (χ1n) is 6.83. The van der Waals surface area contributed by atoms with E-state index >= 15 is 0 Å².